The van der Waals surface area contributed by atoms with Gasteiger partial charge in [-0.05, 0) is 32.4 Å². The van der Waals surface area contributed by atoms with E-state index in [1.807, 2.05) is 4.90 Å². The molecule has 3 rings (SSSR count). The maximum Gasteiger partial charge on any atom is 0.244 e. The van der Waals surface area contributed by atoms with Crippen molar-refractivity contribution in [3.63, 3.8) is 0 Å². The second-order valence-corrected chi connectivity index (χ2v) is 5.98. The summed E-state index contributed by atoms with van der Waals surface area (Å²) in [5.41, 5.74) is 5.58. The fraction of sp³-hybridized carbons (Fsp3) is 0.714. The van der Waals surface area contributed by atoms with Crippen LogP contribution in [0.1, 0.15) is 26.2 Å². The normalized spacial score (nSPS) is 27.4. The Hall–Kier alpha value is -1.56. The van der Waals surface area contributed by atoms with Gasteiger partial charge >= 0.3 is 0 Å². The molecular weight excluding hydrogens is 254 g/mol. The van der Waals surface area contributed by atoms with Gasteiger partial charge in [0.25, 0.3) is 0 Å². The first kappa shape index (κ1) is 13.4. The lowest BCUT2D eigenvalue weighted by atomic mass is 9.97. The van der Waals surface area contributed by atoms with E-state index < -0.39 is 0 Å². The molecule has 2 saturated heterocycles. The molecule has 0 spiro atoms. The summed E-state index contributed by atoms with van der Waals surface area (Å²) in [4.78, 5) is 17.0. The fourth-order valence-electron chi connectivity index (χ4n) is 3.39. The molecule has 2 fully saturated rings. The Bertz CT molecular complexity index is 486. The smallest absolute Gasteiger partial charge is 0.244 e. The topological polar surface area (TPSA) is 67.4 Å². The van der Waals surface area contributed by atoms with Gasteiger partial charge in [0, 0.05) is 31.4 Å². The number of carbonyl (C=O) groups is 1. The summed E-state index contributed by atoms with van der Waals surface area (Å²) in [6, 6.07) is 2.55. The molecular formula is C14H23N5O. The van der Waals surface area contributed by atoms with Gasteiger partial charge in [0.1, 0.15) is 12.4 Å². The Morgan fingerprint density at radius 2 is 2.30 bits per heavy atom. The van der Waals surface area contributed by atoms with Crippen molar-refractivity contribution >= 4 is 11.7 Å². The van der Waals surface area contributed by atoms with E-state index in [1.165, 1.54) is 25.8 Å². The number of amides is 1. The number of aromatic nitrogens is 2. The molecule has 1 aromatic heterocycles. The highest BCUT2D eigenvalue weighted by atomic mass is 16.2. The monoisotopic (exact) mass is 277 g/mol. The van der Waals surface area contributed by atoms with Crippen molar-refractivity contribution in [2.24, 2.45) is 0 Å². The summed E-state index contributed by atoms with van der Waals surface area (Å²) in [5.74, 6) is 0.605. The van der Waals surface area contributed by atoms with Crippen LogP contribution in [0.3, 0.4) is 0 Å². The van der Waals surface area contributed by atoms with E-state index in [1.54, 1.807) is 16.9 Å². The van der Waals surface area contributed by atoms with Crippen molar-refractivity contribution in [3.8, 4) is 0 Å². The molecule has 0 radical (unpaired) electrons. The first-order valence-corrected chi connectivity index (χ1v) is 7.46. The van der Waals surface area contributed by atoms with Crippen LogP contribution in [0, 0.1) is 0 Å². The minimum absolute atomic E-state index is 0.144. The van der Waals surface area contributed by atoms with Crippen LogP contribution in [0.15, 0.2) is 12.3 Å². The molecule has 1 amide bonds. The molecule has 6 heteroatoms. The number of hydrogen-bond acceptors (Lipinski definition) is 4. The van der Waals surface area contributed by atoms with Crippen LogP contribution in [0.5, 0.6) is 0 Å². The number of nitrogen functional groups attached to an aromatic ring is 1. The van der Waals surface area contributed by atoms with E-state index in [0.29, 0.717) is 11.9 Å². The number of nitrogens with zero attached hydrogens (tertiary/aromatic N) is 4. The van der Waals surface area contributed by atoms with Gasteiger partial charge in [0.15, 0.2) is 0 Å². The Balaban J connectivity index is 1.64. The van der Waals surface area contributed by atoms with Crippen molar-refractivity contribution < 1.29 is 4.79 Å². The SMILES string of the molecule is CC1CN2CCCCC2CN1C(=O)Cn1ccc(N)n1. The average molecular weight is 277 g/mol. The average Bonchev–Trinajstić information content (AvgIpc) is 2.83. The number of fused-ring (bicyclic) bond motifs is 1. The maximum absolute atomic E-state index is 12.5. The van der Waals surface area contributed by atoms with Crippen molar-refractivity contribution in [3.05, 3.63) is 12.3 Å². The zero-order valence-corrected chi connectivity index (χ0v) is 12.0. The molecule has 0 saturated carbocycles. The lowest BCUT2D eigenvalue weighted by Gasteiger charge is -2.47. The van der Waals surface area contributed by atoms with Crippen LogP contribution in [-0.4, -0.2) is 57.2 Å². The molecule has 0 aromatic carbocycles. The van der Waals surface area contributed by atoms with Crippen molar-refractivity contribution in [1.29, 1.82) is 0 Å². The lowest BCUT2D eigenvalue weighted by molar-refractivity contribution is -0.138. The Morgan fingerprint density at radius 3 is 3.05 bits per heavy atom. The summed E-state index contributed by atoms with van der Waals surface area (Å²) in [7, 11) is 0. The fourth-order valence-corrected chi connectivity index (χ4v) is 3.39. The number of anilines is 1. The number of hydrogen-bond donors (Lipinski definition) is 1. The summed E-state index contributed by atoms with van der Waals surface area (Å²) >= 11 is 0. The number of rotatable bonds is 2. The first-order chi connectivity index (χ1) is 9.63. The van der Waals surface area contributed by atoms with E-state index in [2.05, 4.69) is 16.9 Å². The molecule has 2 aliphatic rings. The van der Waals surface area contributed by atoms with Crippen LogP contribution >= 0.6 is 0 Å². The molecule has 6 nitrogen and oxygen atoms in total. The van der Waals surface area contributed by atoms with Crippen LogP contribution in [0.2, 0.25) is 0 Å². The molecule has 1 aromatic rings. The van der Waals surface area contributed by atoms with E-state index in [9.17, 15) is 4.79 Å². The highest BCUT2D eigenvalue weighted by molar-refractivity contribution is 5.76. The Labute approximate surface area is 119 Å². The molecule has 2 N–H and O–H groups in total. The number of piperazine rings is 1. The van der Waals surface area contributed by atoms with Gasteiger partial charge in [0.2, 0.25) is 5.91 Å². The highest BCUT2D eigenvalue weighted by Crippen LogP contribution is 2.24. The molecule has 0 aliphatic carbocycles. The van der Waals surface area contributed by atoms with Crippen LogP contribution in [-0.2, 0) is 11.3 Å². The van der Waals surface area contributed by atoms with E-state index in [0.717, 1.165) is 13.1 Å². The zero-order chi connectivity index (χ0) is 14.1. The Morgan fingerprint density at radius 1 is 1.45 bits per heavy atom. The molecule has 2 unspecified atom stereocenters. The standard InChI is InChI=1S/C14H23N5O/c1-11-8-17-6-3-2-4-12(17)9-19(11)14(20)10-18-7-5-13(15)16-18/h5,7,11-12H,2-4,6,8-10H2,1H3,(H2,15,16). The predicted octanol–water partition coefficient (Wildman–Crippen LogP) is 0.551. The number of carbonyl (C=O) groups excluding carboxylic acids is 1. The minimum Gasteiger partial charge on any atom is -0.382 e. The van der Waals surface area contributed by atoms with Gasteiger partial charge in [-0.2, -0.15) is 5.10 Å². The third-order valence-electron chi connectivity index (χ3n) is 4.47. The van der Waals surface area contributed by atoms with E-state index >= 15 is 0 Å². The van der Waals surface area contributed by atoms with Gasteiger partial charge < -0.3 is 10.6 Å². The van der Waals surface area contributed by atoms with Crippen molar-refractivity contribution in [1.82, 2.24) is 19.6 Å². The van der Waals surface area contributed by atoms with E-state index in [4.69, 9.17) is 5.73 Å². The predicted molar refractivity (Wildman–Crippen MR) is 77.0 cm³/mol. The maximum atomic E-state index is 12.5. The van der Waals surface area contributed by atoms with Crippen molar-refractivity contribution in [2.75, 3.05) is 25.4 Å². The van der Waals surface area contributed by atoms with Crippen molar-refractivity contribution in [2.45, 2.75) is 44.8 Å². The Kier molecular flexibility index (Phi) is 3.65. The van der Waals surface area contributed by atoms with Crippen LogP contribution in [0.4, 0.5) is 5.82 Å². The second-order valence-electron chi connectivity index (χ2n) is 5.98. The zero-order valence-electron chi connectivity index (χ0n) is 12.0. The van der Waals surface area contributed by atoms with Crippen LogP contribution < -0.4 is 5.73 Å². The van der Waals surface area contributed by atoms with Crippen LogP contribution in [0.25, 0.3) is 0 Å². The first-order valence-electron chi connectivity index (χ1n) is 7.46. The summed E-state index contributed by atoms with van der Waals surface area (Å²) < 4.78 is 1.62. The third-order valence-corrected chi connectivity index (χ3v) is 4.47. The van der Waals surface area contributed by atoms with Gasteiger partial charge in [-0.3, -0.25) is 14.4 Å². The third kappa shape index (κ3) is 2.65. The highest BCUT2D eigenvalue weighted by Gasteiger charge is 2.35. The molecule has 0 bridgehead atoms. The summed E-state index contributed by atoms with van der Waals surface area (Å²) in [6.07, 6.45) is 5.55. The molecule has 2 atom stereocenters. The van der Waals surface area contributed by atoms with E-state index in [-0.39, 0.29) is 18.5 Å². The quantitative estimate of drug-likeness (QED) is 0.857. The number of nitrogens with two attached hydrogens (primary N) is 1. The largest absolute Gasteiger partial charge is 0.382 e. The minimum atomic E-state index is 0.144. The summed E-state index contributed by atoms with van der Waals surface area (Å²) in [6.45, 7) is 5.47. The lowest BCUT2D eigenvalue weighted by Crippen LogP contribution is -2.60. The van der Waals surface area contributed by atoms with Gasteiger partial charge in [-0.25, -0.2) is 0 Å². The van der Waals surface area contributed by atoms with Gasteiger partial charge in [0.05, 0.1) is 0 Å². The molecule has 20 heavy (non-hydrogen) atoms. The number of piperidine rings is 1. The second kappa shape index (κ2) is 5.44. The summed E-state index contributed by atoms with van der Waals surface area (Å²) in [5, 5.41) is 4.09. The molecule has 3 heterocycles. The molecule has 2 aliphatic heterocycles. The van der Waals surface area contributed by atoms with Gasteiger partial charge in [-0.15, -0.1) is 0 Å². The van der Waals surface area contributed by atoms with Gasteiger partial charge in [-0.1, -0.05) is 6.42 Å². The molecule has 110 valence electrons.